The van der Waals surface area contributed by atoms with E-state index in [9.17, 15) is 43.2 Å². The molecule has 0 aliphatic carbocycles. The van der Waals surface area contributed by atoms with Crippen LogP contribution in [0, 0.1) is 11.8 Å². The summed E-state index contributed by atoms with van der Waals surface area (Å²) in [5, 5.41) is 10.6. The van der Waals surface area contributed by atoms with Gasteiger partial charge >= 0.3 is 39.5 Å². The van der Waals surface area contributed by atoms with Crippen molar-refractivity contribution in [2.24, 2.45) is 11.8 Å². The molecule has 0 bridgehead atoms. The predicted molar refractivity (Wildman–Crippen MR) is 372 cm³/mol. The molecule has 3 unspecified atom stereocenters. The summed E-state index contributed by atoms with van der Waals surface area (Å²) in [5.74, 6) is -0.569. The minimum absolute atomic E-state index is 0.105. The van der Waals surface area contributed by atoms with Gasteiger partial charge in [-0.1, -0.05) is 324 Å². The zero-order valence-corrected chi connectivity index (χ0v) is 61.6. The van der Waals surface area contributed by atoms with Crippen molar-refractivity contribution in [1.82, 2.24) is 0 Å². The molecule has 17 nitrogen and oxygen atoms in total. The second-order valence-electron chi connectivity index (χ2n) is 27.1. The maximum absolute atomic E-state index is 13.1. The Bertz CT molecular complexity index is 1790. The molecule has 0 aliphatic rings. The van der Waals surface area contributed by atoms with Crippen LogP contribution in [0.3, 0.4) is 0 Å². The zero-order chi connectivity index (χ0) is 67.9. The van der Waals surface area contributed by atoms with E-state index in [0.29, 0.717) is 25.7 Å². The molecule has 0 spiro atoms. The number of hydrogen-bond donors (Lipinski definition) is 3. The summed E-state index contributed by atoms with van der Waals surface area (Å²) < 4.78 is 68.4. The van der Waals surface area contributed by atoms with Crippen LogP contribution in [-0.4, -0.2) is 96.7 Å². The highest BCUT2D eigenvalue weighted by Gasteiger charge is 2.30. The average molecular weight is 1350 g/mol. The van der Waals surface area contributed by atoms with Crippen LogP contribution >= 0.6 is 15.6 Å². The van der Waals surface area contributed by atoms with E-state index in [1.165, 1.54) is 193 Å². The first-order valence-corrected chi connectivity index (χ1v) is 41.0. The molecular weight excluding hydrogens is 1210 g/mol. The van der Waals surface area contributed by atoms with Gasteiger partial charge < -0.3 is 33.8 Å². The second-order valence-corrected chi connectivity index (χ2v) is 30.0. The molecule has 6 atom stereocenters. The van der Waals surface area contributed by atoms with E-state index in [1.54, 1.807) is 0 Å². The second kappa shape index (κ2) is 65.0. The smallest absolute Gasteiger partial charge is 0.462 e. The van der Waals surface area contributed by atoms with E-state index in [2.05, 4.69) is 41.5 Å². The van der Waals surface area contributed by atoms with Crippen molar-refractivity contribution < 1.29 is 80.2 Å². The van der Waals surface area contributed by atoms with E-state index in [4.69, 9.17) is 37.0 Å². The predicted octanol–water partition coefficient (Wildman–Crippen LogP) is 21.2. The van der Waals surface area contributed by atoms with E-state index < -0.39 is 97.5 Å². The topological polar surface area (TPSA) is 237 Å². The number of rotatable bonds is 72. The van der Waals surface area contributed by atoms with Crippen LogP contribution in [-0.2, 0) is 65.4 Å². The molecule has 0 saturated heterocycles. The quantitative estimate of drug-likeness (QED) is 0.0222. The molecule has 0 fully saturated rings. The van der Waals surface area contributed by atoms with Crippen LogP contribution in [0.25, 0.3) is 0 Å². The Balaban J connectivity index is 5.24. The minimum atomic E-state index is -4.95. The van der Waals surface area contributed by atoms with Gasteiger partial charge in [0.2, 0.25) is 0 Å². The largest absolute Gasteiger partial charge is 0.472 e. The third kappa shape index (κ3) is 65.4. The van der Waals surface area contributed by atoms with Crippen LogP contribution < -0.4 is 0 Å². The summed E-state index contributed by atoms with van der Waals surface area (Å²) in [6, 6.07) is 0. The van der Waals surface area contributed by atoms with E-state index >= 15 is 0 Å². The highest BCUT2D eigenvalue weighted by Crippen LogP contribution is 2.45. The molecule has 0 amide bonds. The van der Waals surface area contributed by atoms with E-state index in [1.807, 2.05) is 0 Å². The van der Waals surface area contributed by atoms with Crippen molar-refractivity contribution in [3.63, 3.8) is 0 Å². The molecule has 19 heteroatoms. The SMILES string of the molecule is CCCCCCCCCCCCCCCCCCC(=O)O[C@H](COC(=O)CCCCCCCCCCCCCCC(C)C)COP(=O)(O)OC[C@@H](O)COP(=O)(O)OC[C@@H](COC(=O)CCCCCCCCCCC)OC(=O)CCCCCCCCCCC(C)CC. The van der Waals surface area contributed by atoms with Gasteiger partial charge in [0.15, 0.2) is 12.2 Å². The Morgan fingerprint density at radius 3 is 0.826 bits per heavy atom. The molecular formula is C73H142O17P2. The molecule has 0 rings (SSSR count). The van der Waals surface area contributed by atoms with E-state index in [0.717, 1.165) is 102 Å². The molecule has 92 heavy (non-hydrogen) atoms. The average Bonchev–Trinajstić information content (AvgIpc) is 2.90. The highest BCUT2D eigenvalue weighted by molar-refractivity contribution is 7.47. The lowest BCUT2D eigenvalue weighted by Crippen LogP contribution is -2.30. The Morgan fingerprint density at radius 2 is 0.554 bits per heavy atom. The van der Waals surface area contributed by atoms with Crippen molar-refractivity contribution in [1.29, 1.82) is 0 Å². The maximum atomic E-state index is 13.1. The van der Waals surface area contributed by atoms with Crippen LogP contribution in [0.5, 0.6) is 0 Å². The number of aliphatic hydroxyl groups is 1. The standard InChI is InChI=1S/C73H142O17P2/c1-7-10-12-14-16-18-19-20-21-22-23-28-32-39-45-51-57-72(77)89-68(62-84-71(76)56-50-44-38-31-27-25-24-26-30-35-41-47-53-65(4)5)63-87-91(79,80)85-59-67(74)60-86-92(81,82)88-64-69(61-83-70(75)55-49-43-37-29-17-15-13-11-8-2)90-73(78)58-52-46-40-34-33-36-42-48-54-66(6)9-3/h65-69,74H,7-64H2,1-6H3,(H,79,80)(H,81,82)/t66?,67-,68-,69-/m1/s1. The van der Waals surface area contributed by atoms with Crippen molar-refractivity contribution in [3.05, 3.63) is 0 Å². The van der Waals surface area contributed by atoms with Gasteiger partial charge in [-0.2, -0.15) is 0 Å². The first-order chi connectivity index (χ1) is 44.4. The van der Waals surface area contributed by atoms with E-state index in [-0.39, 0.29) is 25.7 Å². The molecule has 546 valence electrons. The number of esters is 4. The highest BCUT2D eigenvalue weighted by atomic mass is 31.2. The van der Waals surface area contributed by atoms with Gasteiger partial charge in [-0.25, -0.2) is 9.13 Å². The van der Waals surface area contributed by atoms with Crippen LogP contribution in [0.4, 0.5) is 0 Å². The number of carbonyl (C=O) groups is 4. The fourth-order valence-electron chi connectivity index (χ4n) is 11.1. The van der Waals surface area contributed by atoms with Crippen LogP contribution in [0.1, 0.15) is 375 Å². The first-order valence-electron chi connectivity index (χ1n) is 38.0. The monoisotopic (exact) mass is 1350 g/mol. The molecule has 0 aromatic heterocycles. The summed E-state index contributed by atoms with van der Waals surface area (Å²) in [5.41, 5.74) is 0. The molecule has 0 heterocycles. The lowest BCUT2D eigenvalue weighted by atomic mass is 9.99. The van der Waals surface area contributed by atoms with Crippen LogP contribution in [0.15, 0.2) is 0 Å². The number of aliphatic hydroxyl groups excluding tert-OH is 1. The van der Waals surface area contributed by atoms with Gasteiger partial charge in [0.1, 0.15) is 19.3 Å². The minimum Gasteiger partial charge on any atom is -0.462 e. The van der Waals surface area contributed by atoms with Gasteiger partial charge in [0.05, 0.1) is 26.4 Å². The molecule has 0 saturated carbocycles. The Morgan fingerprint density at radius 1 is 0.315 bits per heavy atom. The Kier molecular flexibility index (Phi) is 63.7. The number of unbranched alkanes of at least 4 members (excludes halogenated alkanes) is 41. The fraction of sp³-hybridized carbons (Fsp3) is 0.945. The molecule has 3 N–H and O–H groups in total. The van der Waals surface area contributed by atoms with Crippen molar-refractivity contribution in [2.75, 3.05) is 39.6 Å². The summed E-state index contributed by atoms with van der Waals surface area (Å²) >= 11 is 0. The summed E-state index contributed by atoms with van der Waals surface area (Å²) in [7, 11) is -9.90. The molecule has 0 aliphatic heterocycles. The Hall–Kier alpha value is -1.94. The lowest BCUT2D eigenvalue weighted by molar-refractivity contribution is -0.161. The molecule has 0 aromatic carbocycles. The van der Waals surface area contributed by atoms with Gasteiger partial charge in [0, 0.05) is 25.7 Å². The zero-order valence-electron chi connectivity index (χ0n) is 59.9. The molecule has 0 aromatic rings. The van der Waals surface area contributed by atoms with Gasteiger partial charge in [0.25, 0.3) is 0 Å². The van der Waals surface area contributed by atoms with Gasteiger partial charge in [-0.3, -0.25) is 37.3 Å². The van der Waals surface area contributed by atoms with Crippen molar-refractivity contribution in [3.8, 4) is 0 Å². The third-order valence-electron chi connectivity index (χ3n) is 17.3. The van der Waals surface area contributed by atoms with Gasteiger partial charge in [-0.15, -0.1) is 0 Å². The Labute approximate surface area is 562 Å². The number of hydrogen-bond acceptors (Lipinski definition) is 15. The van der Waals surface area contributed by atoms with Crippen molar-refractivity contribution in [2.45, 2.75) is 394 Å². The maximum Gasteiger partial charge on any atom is 0.472 e. The van der Waals surface area contributed by atoms with Gasteiger partial charge in [-0.05, 0) is 37.5 Å². The summed E-state index contributed by atoms with van der Waals surface area (Å²) in [6.07, 6.45) is 51.2. The third-order valence-corrected chi connectivity index (χ3v) is 19.2. The first kappa shape index (κ1) is 90.1. The van der Waals surface area contributed by atoms with Crippen LogP contribution in [0.2, 0.25) is 0 Å². The summed E-state index contributed by atoms with van der Waals surface area (Å²) in [4.78, 5) is 72.6. The number of phosphoric ester groups is 2. The number of ether oxygens (including phenoxy) is 4. The number of phosphoric acid groups is 2. The molecule has 0 radical (unpaired) electrons. The van der Waals surface area contributed by atoms with Crippen molar-refractivity contribution >= 4 is 39.5 Å². The normalized spacial score (nSPS) is 14.4. The summed E-state index contributed by atoms with van der Waals surface area (Å²) in [6.45, 7) is 9.57. The number of carbonyl (C=O) groups excluding carboxylic acids is 4. The fourth-order valence-corrected chi connectivity index (χ4v) is 12.7. The lowest BCUT2D eigenvalue weighted by Gasteiger charge is -2.21.